The number of piperidine rings is 2. The van der Waals surface area contributed by atoms with Crippen molar-refractivity contribution in [3.63, 3.8) is 0 Å². The Labute approximate surface area is 168 Å². The summed E-state index contributed by atoms with van der Waals surface area (Å²) < 4.78 is 1.06. The first kappa shape index (κ1) is 17.9. The molecular weight excluding hydrogens is 380 g/mol. The van der Waals surface area contributed by atoms with Gasteiger partial charge in [-0.05, 0) is 56.2 Å². The zero-order valence-corrected chi connectivity index (χ0v) is 17.3. The van der Waals surface area contributed by atoms with Crippen LogP contribution < -0.4 is 0 Å². The van der Waals surface area contributed by atoms with Crippen LogP contribution in [0.2, 0.25) is 5.02 Å². The maximum absolute atomic E-state index is 13.3. The monoisotopic (exact) mass is 404 g/mol. The van der Waals surface area contributed by atoms with Gasteiger partial charge in [0.1, 0.15) is 0 Å². The standard InChI is InChI=1S/C21H25ClN2O2S/c1-20(2,19-23-16-4-3-13(22)7-17(16)27-19)11-18(25)24-14-5-12-6-15(24)10-21(26,8-12)9-14/h3-4,7,12,14-15,26H,5-6,8-11H2,1-2H3. The second-order valence-electron chi connectivity index (χ2n) is 9.47. The van der Waals surface area contributed by atoms with E-state index in [-0.39, 0.29) is 23.4 Å². The summed E-state index contributed by atoms with van der Waals surface area (Å²) in [5.74, 6) is 0.813. The number of thiazole rings is 1. The van der Waals surface area contributed by atoms with Crippen molar-refractivity contribution in [3.05, 3.63) is 28.2 Å². The highest BCUT2D eigenvalue weighted by atomic mass is 35.5. The fourth-order valence-electron chi connectivity index (χ4n) is 5.73. The average molecular weight is 405 g/mol. The van der Waals surface area contributed by atoms with E-state index in [9.17, 15) is 9.90 Å². The summed E-state index contributed by atoms with van der Waals surface area (Å²) in [7, 11) is 0. The number of hydrogen-bond acceptors (Lipinski definition) is 4. The molecule has 2 aliphatic heterocycles. The highest BCUT2D eigenvalue weighted by Crippen LogP contribution is 2.51. The number of carbonyl (C=O) groups excluding carboxylic acids is 1. The lowest BCUT2D eigenvalue weighted by Crippen LogP contribution is -2.66. The zero-order chi connectivity index (χ0) is 19.0. The van der Waals surface area contributed by atoms with Gasteiger partial charge in [0.05, 0.1) is 20.8 Å². The van der Waals surface area contributed by atoms with Crippen LogP contribution in [0.1, 0.15) is 57.4 Å². The number of aliphatic hydroxyl groups is 1. The molecule has 2 saturated carbocycles. The number of amides is 1. The van der Waals surface area contributed by atoms with Gasteiger partial charge in [-0.15, -0.1) is 11.3 Å². The molecule has 3 heterocycles. The lowest BCUT2D eigenvalue weighted by Gasteiger charge is -2.60. The normalized spacial score (nSPS) is 32.4. The molecule has 144 valence electrons. The largest absolute Gasteiger partial charge is 0.390 e. The Morgan fingerprint density at radius 2 is 2.04 bits per heavy atom. The molecular formula is C21H25ClN2O2S. The van der Waals surface area contributed by atoms with Crippen LogP contribution in [0.15, 0.2) is 18.2 Å². The molecule has 27 heavy (non-hydrogen) atoms. The highest BCUT2D eigenvalue weighted by Gasteiger charge is 2.55. The molecule has 4 fully saturated rings. The minimum atomic E-state index is -0.519. The minimum absolute atomic E-state index is 0.217. The predicted octanol–water partition coefficient (Wildman–Crippen LogP) is 4.52. The van der Waals surface area contributed by atoms with Gasteiger partial charge in [-0.3, -0.25) is 4.79 Å². The topological polar surface area (TPSA) is 53.4 Å². The molecule has 1 aromatic heterocycles. The van der Waals surface area contributed by atoms with E-state index in [4.69, 9.17) is 16.6 Å². The van der Waals surface area contributed by atoms with E-state index in [2.05, 4.69) is 18.7 Å². The van der Waals surface area contributed by atoms with Gasteiger partial charge in [-0.2, -0.15) is 0 Å². The van der Waals surface area contributed by atoms with E-state index in [1.165, 1.54) is 0 Å². The van der Waals surface area contributed by atoms with Crippen molar-refractivity contribution in [1.82, 2.24) is 9.88 Å². The Hall–Kier alpha value is -1.17. The van der Waals surface area contributed by atoms with Crippen LogP contribution in [0, 0.1) is 5.92 Å². The third-order valence-electron chi connectivity index (χ3n) is 6.71. The molecule has 2 aromatic rings. The second-order valence-corrected chi connectivity index (χ2v) is 10.9. The van der Waals surface area contributed by atoms with Crippen molar-refractivity contribution in [2.24, 2.45) is 5.92 Å². The van der Waals surface area contributed by atoms with Crippen LogP contribution in [0.4, 0.5) is 0 Å². The van der Waals surface area contributed by atoms with Gasteiger partial charge in [-0.1, -0.05) is 25.4 Å². The number of fused-ring (bicyclic) bond motifs is 1. The molecule has 2 unspecified atom stereocenters. The first-order valence-electron chi connectivity index (χ1n) is 9.83. The molecule has 1 N–H and O–H groups in total. The lowest BCUT2D eigenvalue weighted by atomic mass is 9.61. The SMILES string of the molecule is CC(C)(CC(=O)N1C2CC3CC1CC(O)(C3)C2)c1nc2ccc(Cl)cc2s1. The maximum Gasteiger partial charge on any atom is 0.224 e. The highest BCUT2D eigenvalue weighted by molar-refractivity contribution is 7.18. The fourth-order valence-corrected chi connectivity index (χ4v) is 7.07. The molecule has 2 saturated heterocycles. The van der Waals surface area contributed by atoms with Crippen molar-refractivity contribution in [2.75, 3.05) is 0 Å². The Morgan fingerprint density at radius 1 is 1.33 bits per heavy atom. The Bertz CT molecular complexity index is 908. The molecule has 4 nitrogen and oxygen atoms in total. The Kier molecular flexibility index (Phi) is 3.92. The van der Waals surface area contributed by atoms with Gasteiger partial charge >= 0.3 is 0 Å². The van der Waals surface area contributed by atoms with E-state index in [1.807, 2.05) is 18.2 Å². The van der Waals surface area contributed by atoms with Gasteiger partial charge in [0.25, 0.3) is 0 Å². The van der Waals surface area contributed by atoms with Crippen molar-refractivity contribution in [3.8, 4) is 0 Å². The summed E-state index contributed by atoms with van der Waals surface area (Å²) >= 11 is 7.74. The lowest BCUT2D eigenvalue weighted by molar-refractivity contribution is -0.175. The van der Waals surface area contributed by atoms with E-state index < -0.39 is 5.60 Å². The molecule has 4 bridgehead atoms. The second kappa shape index (κ2) is 5.91. The van der Waals surface area contributed by atoms with E-state index in [0.29, 0.717) is 17.4 Å². The Morgan fingerprint density at radius 3 is 2.70 bits per heavy atom. The van der Waals surface area contributed by atoms with Crippen LogP contribution in [-0.4, -0.2) is 38.6 Å². The van der Waals surface area contributed by atoms with Gasteiger partial charge in [0.15, 0.2) is 0 Å². The third-order valence-corrected chi connectivity index (χ3v) is 8.33. The summed E-state index contributed by atoms with van der Waals surface area (Å²) in [6, 6.07) is 6.18. The quantitative estimate of drug-likeness (QED) is 0.818. The number of aromatic nitrogens is 1. The van der Waals surface area contributed by atoms with Crippen molar-refractivity contribution in [2.45, 2.75) is 75.5 Å². The van der Waals surface area contributed by atoms with Crippen LogP contribution in [0.25, 0.3) is 10.2 Å². The maximum atomic E-state index is 13.3. The average Bonchev–Trinajstić information content (AvgIpc) is 2.96. The van der Waals surface area contributed by atoms with Crippen LogP contribution in [0.5, 0.6) is 0 Å². The van der Waals surface area contributed by atoms with Crippen molar-refractivity contribution < 1.29 is 9.90 Å². The summed E-state index contributed by atoms with van der Waals surface area (Å²) in [6.45, 7) is 4.21. The molecule has 1 amide bonds. The summed E-state index contributed by atoms with van der Waals surface area (Å²) in [5.41, 5.74) is 0.102. The zero-order valence-electron chi connectivity index (χ0n) is 15.7. The first-order chi connectivity index (χ1) is 12.7. The molecule has 1 aromatic carbocycles. The van der Waals surface area contributed by atoms with Crippen molar-refractivity contribution >= 4 is 39.1 Å². The fraction of sp³-hybridized carbons (Fsp3) is 0.619. The van der Waals surface area contributed by atoms with Gasteiger partial charge < -0.3 is 10.0 Å². The number of halogens is 1. The van der Waals surface area contributed by atoms with E-state index in [0.717, 1.165) is 47.3 Å². The number of rotatable bonds is 3. The summed E-state index contributed by atoms with van der Waals surface area (Å²) in [5, 5.41) is 12.5. The van der Waals surface area contributed by atoms with E-state index >= 15 is 0 Å². The van der Waals surface area contributed by atoms with Crippen LogP contribution in [-0.2, 0) is 10.2 Å². The third kappa shape index (κ3) is 2.99. The van der Waals surface area contributed by atoms with Crippen molar-refractivity contribution in [1.29, 1.82) is 0 Å². The summed E-state index contributed by atoms with van der Waals surface area (Å²) in [4.78, 5) is 20.2. The molecule has 6 heteroatoms. The van der Waals surface area contributed by atoms with E-state index in [1.54, 1.807) is 11.3 Å². The molecule has 0 spiro atoms. The number of benzene rings is 1. The van der Waals surface area contributed by atoms with Crippen LogP contribution in [0.3, 0.4) is 0 Å². The molecule has 6 rings (SSSR count). The smallest absolute Gasteiger partial charge is 0.224 e. The Balaban J connectivity index is 1.38. The van der Waals surface area contributed by atoms with Gasteiger partial charge in [0, 0.05) is 28.9 Å². The van der Waals surface area contributed by atoms with Gasteiger partial charge in [-0.25, -0.2) is 4.98 Å². The number of carbonyl (C=O) groups is 1. The number of hydrogen-bond donors (Lipinski definition) is 1. The molecule has 0 radical (unpaired) electrons. The molecule has 2 aliphatic carbocycles. The summed E-state index contributed by atoms with van der Waals surface area (Å²) in [6.07, 6.45) is 5.02. The first-order valence-corrected chi connectivity index (χ1v) is 11.0. The van der Waals surface area contributed by atoms with Crippen LogP contribution >= 0.6 is 22.9 Å². The predicted molar refractivity (Wildman–Crippen MR) is 108 cm³/mol. The van der Waals surface area contributed by atoms with Gasteiger partial charge in [0.2, 0.25) is 5.91 Å². The minimum Gasteiger partial charge on any atom is -0.390 e. The molecule has 2 atom stereocenters. The number of nitrogens with zero attached hydrogens (tertiary/aromatic N) is 2. The molecule has 4 aliphatic rings.